The molecule has 19 heavy (non-hydrogen) atoms. The number of ether oxygens (including phenoxy) is 1. The molecule has 2 rings (SSSR count). The van der Waals surface area contributed by atoms with Gasteiger partial charge >= 0.3 is 6.18 Å². The van der Waals surface area contributed by atoms with Crippen LogP contribution in [0.5, 0.6) is 5.75 Å². The van der Waals surface area contributed by atoms with E-state index >= 15 is 0 Å². The Morgan fingerprint density at radius 1 is 1.21 bits per heavy atom. The molecular formula is C13H13F3N2O. The summed E-state index contributed by atoms with van der Waals surface area (Å²) in [5.41, 5.74) is 6.34. The van der Waals surface area contributed by atoms with Gasteiger partial charge in [0.2, 0.25) is 0 Å². The van der Waals surface area contributed by atoms with E-state index in [0.29, 0.717) is 11.4 Å². The van der Waals surface area contributed by atoms with Crippen LogP contribution in [-0.2, 0) is 0 Å². The molecule has 6 heteroatoms. The van der Waals surface area contributed by atoms with E-state index in [1.807, 2.05) is 0 Å². The van der Waals surface area contributed by atoms with E-state index in [-0.39, 0.29) is 13.0 Å². The van der Waals surface area contributed by atoms with Crippen molar-refractivity contribution in [1.29, 1.82) is 0 Å². The van der Waals surface area contributed by atoms with Crippen LogP contribution in [0.1, 0.15) is 12.8 Å². The molecular weight excluding hydrogens is 257 g/mol. The Balaban J connectivity index is 2.03. The summed E-state index contributed by atoms with van der Waals surface area (Å²) < 4.78 is 41.2. The molecule has 0 aliphatic rings. The number of anilines is 1. The van der Waals surface area contributed by atoms with Gasteiger partial charge in [0.15, 0.2) is 0 Å². The number of halogens is 3. The van der Waals surface area contributed by atoms with Crippen LogP contribution in [0.25, 0.3) is 10.8 Å². The molecule has 0 radical (unpaired) electrons. The SMILES string of the molecule is Nc1c(OCCCC(F)(F)F)ccc2cnccc12. The van der Waals surface area contributed by atoms with Crippen LogP contribution in [0.3, 0.4) is 0 Å². The lowest BCUT2D eigenvalue weighted by Crippen LogP contribution is -2.10. The van der Waals surface area contributed by atoms with E-state index in [4.69, 9.17) is 10.5 Å². The number of nitrogen functional groups attached to an aromatic ring is 1. The van der Waals surface area contributed by atoms with Gasteiger partial charge in [-0.25, -0.2) is 0 Å². The van der Waals surface area contributed by atoms with Gasteiger partial charge < -0.3 is 10.5 Å². The second kappa shape index (κ2) is 5.34. The largest absolute Gasteiger partial charge is 0.491 e. The van der Waals surface area contributed by atoms with Crippen LogP contribution < -0.4 is 10.5 Å². The quantitative estimate of drug-likeness (QED) is 0.682. The minimum absolute atomic E-state index is 0.0136. The maximum atomic E-state index is 12.0. The van der Waals surface area contributed by atoms with E-state index < -0.39 is 12.6 Å². The van der Waals surface area contributed by atoms with Gasteiger partial charge in [-0.15, -0.1) is 0 Å². The Morgan fingerprint density at radius 2 is 2.00 bits per heavy atom. The van der Waals surface area contributed by atoms with Gasteiger partial charge in [0.05, 0.1) is 12.3 Å². The average molecular weight is 270 g/mol. The fourth-order valence-electron chi connectivity index (χ4n) is 1.75. The van der Waals surface area contributed by atoms with E-state index in [2.05, 4.69) is 4.98 Å². The molecule has 102 valence electrons. The average Bonchev–Trinajstić information content (AvgIpc) is 2.36. The first-order valence-electron chi connectivity index (χ1n) is 5.79. The summed E-state index contributed by atoms with van der Waals surface area (Å²) in [5.74, 6) is 0.404. The van der Waals surface area contributed by atoms with E-state index in [1.54, 1.807) is 30.6 Å². The van der Waals surface area contributed by atoms with Crippen molar-refractivity contribution < 1.29 is 17.9 Å². The number of alkyl halides is 3. The van der Waals surface area contributed by atoms with E-state index in [0.717, 1.165) is 10.8 Å². The summed E-state index contributed by atoms with van der Waals surface area (Å²) >= 11 is 0. The Kier molecular flexibility index (Phi) is 3.78. The predicted octanol–water partition coefficient (Wildman–Crippen LogP) is 3.54. The summed E-state index contributed by atoms with van der Waals surface area (Å²) in [5, 5.41) is 1.64. The third-order valence-corrected chi connectivity index (χ3v) is 2.68. The number of nitrogens with two attached hydrogens (primary N) is 1. The van der Waals surface area contributed by atoms with Crippen molar-refractivity contribution in [3.63, 3.8) is 0 Å². The molecule has 0 amide bonds. The fraction of sp³-hybridized carbons (Fsp3) is 0.308. The number of hydrogen-bond donors (Lipinski definition) is 1. The topological polar surface area (TPSA) is 48.1 Å². The third kappa shape index (κ3) is 3.49. The summed E-state index contributed by atoms with van der Waals surface area (Å²) in [4.78, 5) is 3.96. The molecule has 0 aliphatic carbocycles. The minimum atomic E-state index is -4.15. The molecule has 0 unspecified atom stereocenters. The molecule has 2 N–H and O–H groups in total. The van der Waals surface area contributed by atoms with Crippen LogP contribution in [0.4, 0.5) is 18.9 Å². The standard InChI is InChI=1S/C13H13F3N2O/c14-13(15,16)5-1-7-19-11-3-2-9-8-18-6-4-10(9)12(11)17/h2-4,6,8H,1,5,7,17H2. The number of aromatic nitrogens is 1. The van der Waals surface area contributed by atoms with Crippen LogP contribution in [-0.4, -0.2) is 17.8 Å². The molecule has 0 atom stereocenters. The van der Waals surface area contributed by atoms with Gasteiger partial charge in [-0.1, -0.05) is 0 Å². The van der Waals surface area contributed by atoms with Crippen LogP contribution in [0.2, 0.25) is 0 Å². The van der Waals surface area contributed by atoms with Crippen molar-refractivity contribution in [2.45, 2.75) is 19.0 Å². The van der Waals surface area contributed by atoms with Crippen LogP contribution >= 0.6 is 0 Å². The summed E-state index contributed by atoms with van der Waals surface area (Å²) in [6.45, 7) is -0.0136. The molecule has 0 saturated heterocycles. The first-order valence-corrected chi connectivity index (χ1v) is 5.79. The normalized spacial score (nSPS) is 11.7. The zero-order valence-corrected chi connectivity index (χ0v) is 10.1. The highest BCUT2D eigenvalue weighted by atomic mass is 19.4. The lowest BCUT2D eigenvalue weighted by atomic mass is 10.1. The van der Waals surface area contributed by atoms with Gasteiger partial charge in [0.1, 0.15) is 5.75 Å². The Bertz CT molecular complexity index is 569. The second-order valence-electron chi connectivity index (χ2n) is 4.14. The highest BCUT2D eigenvalue weighted by Crippen LogP contribution is 2.30. The maximum Gasteiger partial charge on any atom is 0.389 e. The van der Waals surface area contributed by atoms with Gasteiger partial charge in [0.25, 0.3) is 0 Å². The predicted molar refractivity (Wildman–Crippen MR) is 66.9 cm³/mol. The fourth-order valence-corrected chi connectivity index (χ4v) is 1.75. The van der Waals surface area contributed by atoms with Gasteiger partial charge in [-0.2, -0.15) is 13.2 Å². The maximum absolute atomic E-state index is 12.0. The van der Waals surface area contributed by atoms with Gasteiger partial charge in [-0.05, 0) is 24.6 Å². The number of fused-ring (bicyclic) bond motifs is 1. The minimum Gasteiger partial charge on any atom is -0.491 e. The smallest absolute Gasteiger partial charge is 0.389 e. The summed E-state index contributed by atoms with van der Waals surface area (Å²) in [6.07, 6.45) is -1.82. The highest BCUT2D eigenvalue weighted by Gasteiger charge is 2.26. The molecule has 0 bridgehead atoms. The number of pyridine rings is 1. The van der Waals surface area contributed by atoms with E-state index in [1.165, 1.54) is 0 Å². The van der Waals surface area contributed by atoms with Crippen molar-refractivity contribution in [3.05, 3.63) is 30.6 Å². The van der Waals surface area contributed by atoms with Crippen molar-refractivity contribution in [1.82, 2.24) is 4.98 Å². The molecule has 0 saturated carbocycles. The molecule has 1 aromatic carbocycles. The molecule has 1 aromatic heterocycles. The second-order valence-corrected chi connectivity index (χ2v) is 4.14. The Hall–Kier alpha value is -1.98. The number of rotatable bonds is 4. The van der Waals surface area contributed by atoms with Gasteiger partial charge in [-0.3, -0.25) is 4.98 Å². The highest BCUT2D eigenvalue weighted by molar-refractivity contribution is 5.95. The van der Waals surface area contributed by atoms with Gasteiger partial charge in [0, 0.05) is 29.6 Å². The van der Waals surface area contributed by atoms with Crippen molar-refractivity contribution in [2.75, 3.05) is 12.3 Å². The number of nitrogens with zero attached hydrogens (tertiary/aromatic N) is 1. The van der Waals surface area contributed by atoms with Crippen LogP contribution in [0, 0.1) is 0 Å². The number of hydrogen-bond acceptors (Lipinski definition) is 3. The first kappa shape index (κ1) is 13.5. The summed E-state index contributed by atoms with van der Waals surface area (Å²) in [7, 11) is 0. The van der Waals surface area contributed by atoms with Crippen LogP contribution in [0.15, 0.2) is 30.6 Å². The molecule has 0 aliphatic heterocycles. The lowest BCUT2D eigenvalue weighted by Gasteiger charge is -2.11. The Labute approximate surface area is 108 Å². The summed E-state index contributed by atoms with van der Waals surface area (Å²) in [6, 6.07) is 5.16. The third-order valence-electron chi connectivity index (χ3n) is 2.68. The molecule has 1 heterocycles. The zero-order chi connectivity index (χ0) is 13.9. The zero-order valence-electron chi connectivity index (χ0n) is 10.1. The monoisotopic (exact) mass is 270 g/mol. The van der Waals surface area contributed by atoms with E-state index in [9.17, 15) is 13.2 Å². The molecule has 2 aromatic rings. The lowest BCUT2D eigenvalue weighted by molar-refractivity contribution is -0.136. The van der Waals surface area contributed by atoms with Crippen molar-refractivity contribution >= 4 is 16.5 Å². The molecule has 0 fully saturated rings. The van der Waals surface area contributed by atoms with Crippen molar-refractivity contribution in [2.24, 2.45) is 0 Å². The first-order chi connectivity index (χ1) is 8.97. The Morgan fingerprint density at radius 3 is 2.74 bits per heavy atom. The number of benzene rings is 1. The molecule has 0 spiro atoms. The van der Waals surface area contributed by atoms with Crippen molar-refractivity contribution in [3.8, 4) is 5.75 Å². The molecule has 3 nitrogen and oxygen atoms in total.